The molecule has 0 bridgehead atoms. The highest BCUT2D eigenvalue weighted by Gasteiger charge is 2.45. The molecule has 1 aliphatic carbocycles. The molecule has 0 aromatic heterocycles. The third-order valence-electron chi connectivity index (χ3n) is 3.71. The topological polar surface area (TPSA) is 49.3 Å². The van der Waals surface area contributed by atoms with Gasteiger partial charge in [0.05, 0.1) is 6.42 Å². The molecule has 3 nitrogen and oxygen atoms in total. The van der Waals surface area contributed by atoms with Gasteiger partial charge in [0.15, 0.2) is 0 Å². The number of aliphatic carboxylic acids is 1. The maximum Gasteiger partial charge on any atom is 0.303 e. The summed E-state index contributed by atoms with van der Waals surface area (Å²) in [6.45, 7) is 1.96. The van der Waals surface area contributed by atoms with Crippen molar-refractivity contribution in [3.63, 3.8) is 0 Å². The summed E-state index contributed by atoms with van der Waals surface area (Å²) in [6, 6.07) is 0. The normalized spacial score (nSPS) is 38.6. The summed E-state index contributed by atoms with van der Waals surface area (Å²) in [5.41, 5.74) is 0.101. The number of carboxylic acid groups (broad SMARTS) is 1. The van der Waals surface area contributed by atoms with E-state index in [0.29, 0.717) is 12.3 Å². The number of fused-ring (bicyclic) bond motifs is 1. The van der Waals surface area contributed by atoms with Crippen molar-refractivity contribution in [2.24, 2.45) is 11.3 Å². The van der Waals surface area contributed by atoms with E-state index in [-0.39, 0.29) is 5.41 Å². The molecule has 3 heteroatoms. The molecule has 0 spiro atoms. The lowest BCUT2D eigenvalue weighted by atomic mass is 9.66. The number of carboxylic acids is 1. The van der Waals surface area contributed by atoms with Gasteiger partial charge in [-0.2, -0.15) is 0 Å². The monoisotopic (exact) mass is 183 g/mol. The number of rotatable bonds is 2. The first-order chi connectivity index (χ1) is 6.23. The highest BCUT2D eigenvalue weighted by molar-refractivity contribution is 5.68. The Morgan fingerprint density at radius 2 is 2.38 bits per heavy atom. The van der Waals surface area contributed by atoms with Gasteiger partial charge in [-0.15, -0.1) is 0 Å². The fraction of sp³-hybridized carbons (Fsp3) is 0.900. The molecule has 0 unspecified atom stereocenters. The number of hydrogen-bond donors (Lipinski definition) is 2. The van der Waals surface area contributed by atoms with Crippen LogP contribution in [0, 0.1) is 11.3 Å². The summed E-state index contributed by atoms with van der Waals surface area (Å²) in [4.78, 5) is 10.8. The average molecular weight is 183 g/mol. The van der Waals surface area contributed by atoms with Gasteiger partial charge in [0.25, 0.3) is 0 Å². The van der Waals surface area contributed by atoms with E-state index in [4.69, 9.17) is 5.11 Å². The lowest BCUT2D eigenvalue weighted by molar-refractivity contribution is -0.140. The van der Waals surface area contributed by atoms with Crippen molar-refractivity contribution in [3.05, 3.63) is 0 Å². The Morgan fingerprint density at radius 1 is 1.54 bits per heavy atom. The number of hydrogen-bond acceptors (Lipinski definition) is 2. The molecule has 2 fully saturated rings. The maximum absolute atomic E-state index is 10.8. The molecule has 1 saturated heterocycles. The van der Waals surface area contributed by atoms with Crippen molar-refractivity contribution in [2.75, 3.05) is 13.1 Å². The standard InChI is InChI=1S/C10H17NO2/c12-9(13)5-10-4-2-1-3-8(10)6-11-7-10/h8,11H,1-7H2,(H,12,13)/t8-,10+/m0/s1. The largest absolute Gasteiger partial charge is 0.481 e. The molecule has 13 heavy (non-hydrogen) atoms. The first-order valence-corrected chi connectivity index (χ1v) is 5.15. The van der Waals surface area contributed by atoms with Crippen LogP contribution in [0.25, 0.3) is 0 Å². The van der Waals surface area contributed by atoms with Crippen molar-refractivity contribution in [1.82, 2.24) is 5.32 Å². The van der Waals surface area contributed by atoms with Crippen LogP contribution < -0.4 is 5.32 Å². The van der Waals surface area contributed by atoms with Gasteiger partial charge in [-0.3, -0.25) is 4.79 Å². The summed E-state index contributed by atoms with van der Waals surface area (Å²) in [7, 11) is 0. The Labute approximate surface area is 78.5 Å². The summed E-state index contributed by atoms with van der Waals surface area (Å²) < 4.78 is 0. The second kappa shape index (κ2) is 3.29. The fourth-order valence-electron chi connectivity index (χ4n) is 3.02. The summed E-state index contributed by atoms with van der Waals surface area (Å²) in [5.74, 6) is -0.00653. The minimum Gasteiger partial charge on any atom is -0.481 e. The van der Waals surface area contributed by atoms with Crippen molar-refractivity contribution in [2.45, 2.75) is 32.1 Å². The summed E-state index contributed by atoms with van der Waals surface area (Å²) >= 11 is 0. The zero-order valence-electron chi connectivity index (χ0n) is 7.88. The average Bonchev–Trinajstić information content (AvgIpc) is 2.45. The van der Waals surface area contributed by atoms with Crippen LogP contribution in [0.1, 0.15) is 32.1 Å². The van der Waals surface area contributed by atoms with Crippen LogP contribution in [0.3, 0.4) is 0 Å². The van der Waals surface area contributed by atoms with Gasteiger partial charge >= 0.3 is 5.97 Å². The summed E-state index contributed by atoms with van der Waals surface area (Å²) in [5, 5.41) is 12.2. The Kier molecular flexibility index (Phi) is 2.28. The van der Waals surface area contributed by atoms with Gasteiger partial charge in [0.1, 0.15) is 0 Å². The second-order valence-corrected chi connectivity index (χ2v) is 4.51. The molecule has 2 atom stereocenters. The van der Waals surface area contributed by atoms with E-state index in [0.717, 1.165) is 19.5 Å². The van der Waals surface area contributed by atoms with Gasteiger partial charge in [-0.1, -0.05) is 12.8 Å². The first kappa shape index (κ1) is 9.00. The van der Waals surface area contributed by atoms with E-state index >= 15 is 0 Å². The van der Waals surface area contributed by atoms with Crippen LogP contribution in [0.15, 0.2) is 0 Å². The van der Waals surface area contributed by atoms with Gasteiger partial charge < -0.3 is 10.4 Å². The lowest BCUT2D eigenvalue weighted by Crippen LogP contribution is -2.35. The van der Waals surface area contributed by atoms with Gasteiger partial charge in [0, 0.05) is 6.54 Å². The highest BCUT2D eigenvalue weighted by atomic mass is 16.4. The van der Waals surface area contributed by atoms with Crippen molar-refractivity contribution in [1.29, 1.82) is 0 Å². The quantitative estimate of drug-likeness (QED) is 0.677. The van der Waals surface area contributed by atoms with Crippen LogP contribution in [-0.4, -0.2) is 24.2 Å². The molecule has 0 aromatic carbocycles. The second-order valence-electron chi connectivity index (χ2n) is 4.51. The summed E-state index contributed by atoms with van der Waals surface area (Å²) in [6.07, 6.45) is 5.20. The first-order valence-electron chi connectivity index (χ1n) is 5.15. The molecular weight excluding hydrogens is 166 g/mol. The van der Waals surface area contributed by atoms with Gasteiger partial charge in [-0.25, -0.2) is 0 Å². The van der Waals surface area contributed by atoms with Crippen LogP contribution in [-0.2, 0) is 4.79 Å². The van der Waals surface area contributed by atoms with E-state index < -0.39 is 5.97 Å². The van der Waals surface area contributed by atoms with E-state index in [1.807, 2.05) is 0 Å². The molecule has 74 valence electrons. The van der Waals surface area contributed by atoms with Crippen LogP contribution in [0.4, 0.5) is 0 Å². The minimum atomic E-state index is -0.629. The Morgan fingerprint density at radius 3 is 3.15 bits per heavy atom. The van der Waals surface area contributed by atoms with Gasteiger partial charge in [0.2, 0.25) is 0 Å². The molecule has 1 heterocycles. The maximum atomic E-state index is 10.8. The number of nitrogens with one attached hydrogen (secondary N) is 1. The molecular formula is C10H17NO2. The predicted molar refractivity (Wildman–Crippen MR) is 49.5 cm³/mol. The number of carbonyl (C=O) groups is 1. The van der Waals surface area contributed by atoms with Crippen LogP contribution >= 0.6 is 0 Å². The van der Waals surface area contributed by atoms with Crippen LogP contribution in [0.5, 0.6) is 0 Å². The molecule has 1 aliphatic heterocycles. The van der Waals surface area contributed by atoms with Crippen molar-refractivity contribution < 1.29 is 9.90 Å². The smallest absolute Gasteiger partial charge is 0.303 e. The third kappa shape index (κ3) is 1.57. The molecule has 0 amide bonds. The fourth-order valence-corrected chi connectivity index (χ4v) is 3.02. The Balaban J connectivity index is 2.11. The van der Waals surface area contributed by atoms with Gasteiger partial charge in [-0.05, 0) is 30.7 Å². The SMILES string of the molecule is O=C(O)C[C@@]12CCCC[C@H]1CNC2. The van der Waals surface area contributed by atoms with E-state index in [9.17, 15) is 4.79 Å². The van der Waals surface area contributed by atoms with E-state index in [1.165, 1.54) is 19.3 Å². The zero-order valence-corrected chi connectivity index (χ0v) is 7.88. The van der Waals surface area contributed by atoms with Crippen molar-refractivity contribution in [3.8, 4) is 0 Å². The van der Waals surface area contributed by atoms with Crippen molar-refractivity contribution >= 4 is 5.97 Å². The molecule has 0 aromatic rings. The molecule has 0 radical (unpaired) electrons. The van der Waals surface area contributed by atoms with E-state index in [1.54, 1.807) is 0 Å². The zero-order chi connectivity index (χ0) is 9.31. The Bertz CT molecular complexity index is 217. The third-order valence-corrected chi connectivity index (χ3v) is 3.71. The molecule has 1 saturated carbocycles. The molecule has 2 aliphatic rings. The lowest BCUT2D eigenvalue weighted by Gasteiger charge is -2.37. The molecule has 2 N–H and O–H groups in total. The van der Waals surface area contributed by atoms with Crippen LogP contribution in [0.2, 0.25) is 0 Å². The van der Waals surface area contributed by atoms with E-state index in [2.05, 4.69) is 5.32 Å². The molecule has 2 rings (SSSR count). The highest BCUT2D eigenvalue weighted by Crippen LogP contribution is 2.46. The Hall–Kier alpha value is -0.570. The minimum absolute atomic E-state index is 0.101. The predicted octanol–water partition coefficient (Wildman–Crippen LogP) is 1.24.